The molecule has 2 heterocycles. The van der Waals surface area contributed by atoms with E-state index in [1.54, 1.807) is 27.7 Å². The van der Waals surface area contributed by atoms with Gasteiger partial charge in [0.05, 0.1) is 12.7 Å². The quantitative estimate of drug-likeness (QED) is 0.779. The summed E-state index contributed by atoms with van der Waals surface area (Å²) in [6.45, 7) is 4.09. The van der Waals surface area contributed by atoms with Crippen LogP contribution in [0.1, 0.15) is 36.7 Å². The molecule has 122 valence electrons. The van der Waals surface area contributed by atoms with Crippen LogP contribution < -0.4 is 5.73 Å². The fourth-order valence-corrected chi connectivity index (χ4v) is 2.62. The van der Waals surface area contributed by atoms with Gasteiger partial charge in [-0.1, -0.05) is 25.0 Å². The van der Waals surface area contributed by atoms with E-state index in [4.69, 9.17) is 5.73 Å². The zero-order valence-electron chi connectivity index (χ0n) is 13.2. The molecule has 1 saturated heterocycles. The van der Waals surface area contributed by atoms with Gasteiger partial charge in [-0.2, -0.15) is 0 Å². The van der Waals surface area contributed by atoms with Crippen molar-refractivity contribution in [3.63, 3.8) is 0 Å². The van der Waals surface area contributed by atoms with E-state index in [0.29, 0.717) is 32.6 Å². The van der Waals surface area contributed by atoms with Crippen LogP contribution in [0.2, 0.25) is 0 Å². The summed E-state index contributed by atoms with van der Waals surface area (Å²) in [5, 5.41) is 7.80. The molecule has 0 radical (unpaired) electrons. The molecule has 0 aliphatic carbocycles. The predicted octanol–water partition coefficient (Wildman–Crippen LogP) is -0.290. The Hall–Kier alpha value is -1.96. The van der Waals surface area contributed by atoms with Crippen LogP contribution in [0.5, 0.6) is 0 Å². The summed E-state index contributed by atoms with van der Waals surface area (Å²) in [5.41, 5.74) is 5.74. The van der Waals surface area contributed by atoms with E-state index in [2.05, 4.69) is 17.2 Å². The number of carbonyl (C=O) groups excluding carboxylic acids is 2. The van der Waals surface area contributed by atoms with Crippen LogP contribution in [0.3, 0.4) is 0 Å². The lowest BCUT2D eigenvalue weighted by Gasteiger charge is -2.38. The minimum Gasteiger partial charge on any atom is -0.342 e. The molecule has 2 N–H and O–H groups in total. The number of amides is 2. The summed E-state index contributed by atoms with van der Waals surface area (Å²) >= 11 is 0. The van der Waals surface area contributed by atoms with E-state index in [-0.39, 0.29) is 17.5 Å². The standard InChI is InChI=1S/C14H24N6O2/c1-3-4-5-12-14(22)18(2)8-9-20(12)13(21)11-10-19(7-6-15)17-16-11/h10,12H,3-9,15H2,1-2H3/t12-/m0/s1. The molecule has 0 spiro atoms. The third-order valence-corrected chi connectivity index (χ3v) is 3.92. The van der Waals surface area contributed by atoms with Crippen molar-refractivity contribution in [3.05, 3.63) is 11.9 Å². The van der Waals surface area contributed by atoms with E-state index >= 15 is 0 Å². The van der Waals surface area contributed by atoms with Gasteiger partial charge in [0.2, 0.25) is 5.91 Å². The SMILES string of the molecule is CCCC[C@H]1C(=O)N(C)CCN1C(=O)c1cn(CCN)nn1. The third kappa shape index (κ3) is 3.44. The van der Waals surface area contributed by atoms with E-state index in [1.165, 1.54) is 0 Å². The van der Waals surface area contributed by atoms with Crippen molar-refractivity contribution in [3.8, 4) is 0 Å². The maximum absolute atomic E-state index is 12.7. The molecule has 2 rings (SSSR count). The molecule has 22 heavy (non-hydrogen) atoms. The van der Waals surface area contributed by atoms with Gasteiger partial charge >= 0.3 is 0 Å². The molecule has 0 aromatic carbocycles. The molecule has 1 aliphatic rings. The predicted molar refractivity (Wildman–Crippen MR) is 81.1 cm³/mol. The fourth-order valence-electron chi connectivity index (χ4n) is 2.62. The molecule has 0 saturated carbocycles. The molecule has 8 heteroatoms. The zero-order valence-corrected chi connectivity index (χ0v) is 13.2. The highest BCUT2D eigenvalue weighted by atomic mass is 16.2. The van der Waals surface area contributed by atoms with Crippen LogP contribution in [-0.4, -0.2) is 69.3 Å². The Morgan fingerprint density at radius 3 is 2.91 bits per heavy atom. The summed E-state index contributed by atoms with van der Waals surface area (Å²) < 4.78 is 1.55. The first kappa shape index (κ1) is 16.4. The average molecular weight is 308 g/mol. The molecule has 1 aliphatic heterocycles. The van der Waals surface area contributed by atoms with Crippen LogP contribution in [0.15, 0.2) is 6.20 Å². The molecule has 1 atom stereocenters. The second-order valence-corrected chi connectivity index (χ2v) is 5.57. The number of rotatable bonds is 6. The first-order valence-electron chi connectivity index (χ1n) is 7.74. The Bertz CT molecular complexity index is 529. The minimum absolute atomic E-state index is 0.00222. The number of aromatic nitrogens is 3. The number of piperazine rings is 1. The lowest BCUT2D eigenvalue weighted by atomic mass is 10.0. The van der Waals surface area contributed by atoms with Crippen molar-refractivity contribution in [1.82, 2.24) is 24.8 Å². The van der Waals surface area contributed by atoms with Gasteiger partial charge in [0.15, 0.2) is 5.69 Å². The number of nitrogens with two attached hydrogens (primary N) is 1. The lowest BCUT2D eigenvalue weighted by molar-refractivity contribution is -0.138. The maximum atomic E-state index is 12.7. The number of hydrogen-bond acceptors (Lipinski definition) is 5. The molecular formula is C14H24N6O2. The zero-order chi connectivity index (χ0) is 16.1. The molecule has 1 aromatic rings. The van der Waals surface area contributed by atoms with E-state index < -0.39 is 6.04 Å². The van der Waals surface area contributed by atoms with Crippen LogP contribution in [0.25, 0.3) is 0 Å². The normalized spacial score (nSPS) is 18.9. The third-order valence-electron chi connectivity index (χ3n) is 3.92. The van der Waals surface area contributed by atoms with Gasteiger partial charge in [0.1, 0.15) is 6.04 Å². The Balaban J connectivity index is 2.15. The van der Waals surface area contributed by atoms with Crippen LogP contribution in [0.4, 0.5) is 0 Å². The fraction of sp³-hybridized carbons (Fsp3) is 0.714. The molecule has 0 unspecified atom stereocenters. The Kier molecular flexibility index (Phi) is 5.48. The lowest BCUT2D eigenvalue weighted by Crippen LogP contribution is -2.57. The van der Waals surface area contributed by atoms with Crippen molar-refractivity contribution in [2.45, 2.75) is 38.8 Å². The molecule has 2 amide bonds. The maximum Gasteiger partial charge on any atom is 0.276 e. The Labute approximate surface area is 130 Å². The van der Waals surface area contributed by atoms with Crippen molar-refractivity contribution in [2.75, 3.05) is 26.7 Å². The number of likely N-dealkylation sites (N-methyl/N-ethyl adjacent to an activating group) is 1. The van der Waals surface area contributed by atoms with E-state index in [0.717, 1.165) is 12.8 Å². The second kappa shape index (κ2) is 7.35. The smallest absolute Gasteiger partial charge is 0.276 e. The molecule has 0 bridgehead atoms. The van der Waals surface area contributed by atoms with Crippen molar-refractivity contribution in [1.29, 1.82) is 0 Å². The van der Waals surface area contributed by atoms with Crippen LogP contribution >= 0.6 is 0 Å². The van der Waals surface area contributed by atoms with Crippen molar-refractivity contribution >= 4 is 11.8 Å². The number of carbonyl (C=O) groups is 2. The minimum atomic E-state index is -0.397. The summed E-state index contributed by atoms with van der Waals surface area (Å²) in [6, 6.07) is -0.397. The van der Waals surface area contributed by atoms with E-state index in [9.17, 15) is 9.59 Å². The van der Waals surface area contributed by atoms with Gasteiger partial charge in [-0.15, -0.1) is 5.10 Å². The number of nitrogens with zero attached hydrogens (tertiary/aromatic N) is 5. The van der Waals surface area contributed by atoms with Gasteiger partial charge in [-0.25, -0.2) is 0 Å². The molecule has 1 aromatic heterocycles. The monoisotopic (exact) mass is 308 g/mol. The van der Waals surface area contributed by atoms with Gasteiger partial charge < -0.3 is 15.5 Å². The molecular weight excluding hydrogens is 284 g/mol. The van der Waals surface area contributed by atoms with Gasteiger partial charge in [0, 0.05) is 26.7 Å². The average Bonchev–Trinajstić information content (AvgIpc) is 2.97. The number of hydrogen-bond donors (Lipinski definition) is 1. The van der Waals surface area contributed by atoms with Gasteiger partial charge in [-0.05, 0) is 6.42 Å². The summed E-state index contributed by atoms with van der Waals surface area (Å²) in [4.78, 5) is 28.3. The second-order valence-electron chi connectivity index (χ2n) is 5.57. The largest absolute Gasteiger partial charge is 0.342 e. The topological polar surface area (TPSA) is 97.4 Å². The van der Waals surface area contributed by atoms with Crippen molar-refractivity contribution < 1.29 is 9.59 Å². The molecule has 8 nitrogen and oxygen atoms in total. The van der Waals surface area contributed by atoms with Gasteiger partial charge in [-0.3, -0.25) is 14.3 Å². The highest BCUT2D eigenvalue weighted by Gasteiger charge is 2.36. The summed E-state index contributed by atoms with van der Waals surface area (Å²) in [5.74, 6) is -0.228. The first-order chi connectivity index (χ1) is 10.6. The summed E-state index contributed by atoms with van der Waals surface area (Å²) in [6.07, 6.45) is 4.17. The van der Waals surface area contributed by atoms with Crippen molar-refractivity contribution in [2.24, 2.45) is 5.73 Å². The highest BCUT2D eigenvalue weighted by molar-refractivity contribution is 5.96. The van der Waals surface area contributed by atoms with Crippen LogP contribution in [-0.2, 0) is 11.3 Å². The van der Waals surface area contributed by atoms with Gasteiger partial charge in [0.25, 0.3) is 5.91 Å². The number of unbranched alkanes of at least 4 members (excludes halogenated alkanes) is 1. The first-order valence-corrected chi connectivity index (χ1v) is 7.74. The highest BCUT2D eigenvalue weighted by Crippen LogP contribution is 2.18. The van der Waals surface area contributed by atoms with Crippen LogP contribution in [0, 0.1) is 0 Å². The summed E-state index contributed by atoms with van der Waals surface area (Å²) in [7, 11) is 1.78. The van der Waals surface area contributed by atoms with E-state index in [1.807, 2.05) is 0 Å². The Morgan fingerprint density at radius 1 is 1.45 bits per heavy atom. The Morgan fingerprint density at radius 2 is 2.23 bits per heavy atom. The molecule has 1 fully saturated rings.